The summed E-state index contributed by atoms with van der Waals surface area (Å²) in [7, 11) is -1.77. The first-order chi connectivity index (χ1) is 8.55. The number of sulfonamides is 1. The highest BCUT2D eigenvalue weighted by molar-refractivity contribution is 7.91. The molecule has 102 valence electrons. The van der Waals surface area contributed by atoms with Crippen LogP contribution in [0.3, 0.4) is 0 Å². The molecule has 1 fully saturated rings. The molecule has 18 heavy (non-hydrogen) atoms. The van der Waals surface area contributed by atoms with Gasteiger partial charge in [0, 0.05) is 24.4 Å². The maximum absolute atomic E-state index is 12.4. The number of ether oxygens (including phenoxy) is 1. The molecule has 0 spiro atoms. The second-order valence-electron chi connectivity index (χ2n) is 4.20. The summed E-state index contributed by atoms with van der Waals surface area (Å²) in [5.74, 6) is 0.506. The molecule has 0 amide bonds. The summed E-state index contributed by atoms with van der Waals surface area (Å²) in [5.41, 5.74) is 0. The smallest absolute Gasteiger partial charge is 0.252 e. The van der Waals surface area contributed by atoms with Gasteiger partial charge in [0.05, 0.1) is 12.6 Å². The van der Waals surface area contributed by atoms with Gasteiger partial charge in [0.1, 0.15) is 4.21 Å². The minimum absolute atomic E-state index is 0.0476. The second kappa shape index (κ2) is 5.88. The van der Waals surface area contributed by atoms with Crippen molar-refractivity contribution >= 4 is 33.0 Å². The third kappa shape index (κ3) is 2.88. The second-order valence-corrected chi connectivity index (χ2v) is 7.97. The Kier molecular flexibility index (Phi) is 4.66. The van der Waals surface area contributed by atoms with Gasteiger partial charge in [-0.3, -0.25) is 0 Å². The molecule has 1 aliphatic rings. The van der Waals surface area contributed by atoms with Crippen LogP contribution < -0.4 is 0 Å². The van der Waals surface area contributed by atoms with Crippen LogP contribution >= 0.6 is 22.9 Å². The van der Waals surface area contributed by atoms with Crippen molar-refractivity contribution < 1.29 is 13.2 Å². The van der Waals surface area contributed by atoms with Gasteiger partial charge in [-0.05, 0) is 25.0 Å². The molecule has 0 radical (unpaired) electrons. The van der Waals surface area contributed by atoms with Gasteiger partial charge >= 0.3 is 0 Å². The lowest BCUT2D eigenvalue weighted by atomic mass is 10.3. The summed E-state index contributed by atoms with van der Waals surface area (Å²) in [4.78, 5) is 1.000. The highest BCUT2D eigenvalue weighted by Gasteiger charge is 2.31. The molecule has 2 heterocycles. The lowest BCUT2D eigenvalue weighted by Crippen LogP contribution is -2.36. The van der Waals surface area contributed by atoms with Gasteiger partial charge in [0.15, 0.2) is 0 Å². The number of hydrogen-bond donors (Lipinski definition) is 0. The Morgan fingerprint density at radius 2 is 2.33 bits per heavy atom. The molecule has 1 saturated heterocycles. The van der Waals surface area contributed by atoms with Crippen LogP contribution in [0.25, 0.3) is 0 Å². The van der Waals surface area contributed by atoms with Crippen LogP contribution in [-0.2, 0) is 21.2 Å². The first-order valence-corrected chi connectivity index (χ1v) is 8.55. The minimum atomic E-state index is -3.39. The summed E-state index contributed by atoms with van der Waals surface area (Å²) in [6, 6.07) is 3.45. The van der Waals surface area contributed by atoms with Crippen molar-refractivity contribution in [1.82, 2.24) is 4.31 Å². The van der Waals surface area contributed by atoms with Crippen molar-refractivity contribution in [3.05, 3.63) is 17.0 Å². The van der Waals surface area contributed by atoms with Crippen LogP contribution in [0.4, 0.5) is 0 Å². The Morgan fingerprint density at radius 1 is 1.56 bits per heavy atom. The van der Waals surface area contributed by atoms with Crippen LogP contribution in [-0.4, -0.2) is 44.9 Å². The molecule has 1 aromatic heterocycles. The summed E-state index contributed by atoms with van der Waals surface area (Å²) < 4.78 is 31.8. The Labute approximate surface area is 117 Å². The van der Waals surface area contributed by atoms with Crippen molar-refractivity contribution in [3.8, 4) is 0 Å². The largest absolute Gasteiger partial charge is 0.380 e. The topological polar surface area (TPSA) is 46.6 Å². The number of halogens is 1. The zero-order chi connectivity index (χ0) is 13.2. The first-order valence-electron chi connectivity index (χ1n) is 5.76. The summed E-state index contributed by atoms with van der Waals surface area (Å²) in [6.45, 7) is 1.11. The van der Waals surface area contributed by atoms with E-state index in [-0.39, 0.29) is 6.04 Å². The van der Waals surface area contributed by atoms with Gasteiger partial charge < -0.3 is 4.74 Å². The predicted molar refractivity (Wildman–Crippen MR) is 72.9 cm³/mol. The molecule has 1 atom stereocenters. The molecule has 0 saturated carbocycles. The lowest BCUT2D eigenvalue weighted by Gasteiger charge is -2.21. The normalized spacial score (nSPS) is 20.7. The van der Waals surface area contributed by atoms with Crippen molar-refractivity contribution in [2.75, 3.05) is 26.1 Å². The predicted octanol–water partition coefficient (Wildman–Crippen LogP) is 1.94. The van der Waals surface area contributed by atoms with Crippen molar-refractivity contribution in [2.24, 2.45) is 0 Å². The van der Waals surface area contributed by atoms with Gasteiger partial charge in [-0.2, -0.15) is 4.31 Å². The average Bonchev–Trinajstić information content (AvgIpc) is 2.99. The van der Waals surface area contributed by atoms with E-state index in [1.807, 2.05) is 6.07 Å². The zero-order valence-corrected chi connectivity index (χ0v) is 12.5. The Bertz CT molecular complexity index is 494. The molecule has 0 bridgehead atoms. The number of nitrogens with zero attached hydrogens (tertiary/aromatic N) is 1. The fourth-order valence-electron chi connectivity index (χ4n) is 1.87. The zero-order valence-electron chi connectivity index (χ0n) is 10.1. The van der Waals surface area contributed by atoms with Crippen LogP contribution in [0.1, 0.15) is 11.3 Å². The van der Waals surface area contributed by atoms with E-state index in [0.29, 0.717) is 29.7 Å². The molecule has 0 aromatic carbocycles. The van der Waals surface area contributed by atoms with E-state index in [0.717, 1.165) is 11.3 Å². The van der Waals surface area contributed by atoms with E-state index in [4.69, 9.17) is 16.3 Å². The van der Waals surface area contributed by atoms with Gasteiger partial charge in [0.25, 0.3) is 10.0 Å². The Balaban J connectivity index is 2.18. The highest BCUT2D eigenvalue weighted by Crippen LogP contribution is 2.27. The Morgan fingerprint density at radius 3 is 2.94 bits per heavy atom. The summed E-state index contributed by atoms with van der Waals surface area (Å²) >= 11 is 6.95. The van der Waals surface area contributed by atoms with Gasteiger partial charge in [-0.25, -0.2) is 8.42 Å². The quantitative estimate of drug-likeness (QED) is 0.781. The van der Waals surface area contributed by atoms with E-state index in [1.54, 1.807) is 13.1 Å². The van der Waals surface area contributed by atoms with E-state index in [2.05, 4.69) is 0 Å². The van der Waals surface area contributed by atoms with E-state index in [9.17, 15) is 8.42 Å². The number of aryl methyl sites for hydroxylation is 1. The molecular formula is C11H16ClNO3S2. The van der Waals surface area contributed by atoms with Crippen LogP contribution in [0.15, 0.2) is 16.3 Å². The van der Waals surface area contributed by atoms with Gasteiger partial charge in [-0.1, -0.05) is 0 Å². The lowest BCUT2D eigenvalue weighted by molar-refractivity contribution is 0.181. The molecule has 7 heteroatoms. The van der Waals surface area contributed by atoms with E-state index >= 15 is 0 Å². The third-order valence-electron chi connectivity index (χ3n) is 3.03. The van der Waals surface area contributed by atoms with Crippen LogP contribution in [0, 0.1) is 0 Å². The molecule has 1 unspecified atom stereocenters. The summed E-state index contributed by atoms with van der Waals surface area (Å²) in [6.07, 6.45) is 1.47. The first kappa shape index (κ1) is 14.3. The van der Waals surface area contributed by atoms with E-state index in [1.165, 1.54) is 15.6 Å². The molecule has 1 aromatic rings. The van der Waals surface area contributed by atoms with Gasteiger partial charge in [0.2, 0.25) is 0 Å². The van der Waals surface area contributed by atoms with Crippen molar-refractivity contribution in [1.29, 1.82) is 0 Å². The number of thiophene rings is 1. The van der Waals surface area contributed by atoms with Crippen LogP contribution in [0.2, 0.25) is 0 Å². The number of rotatable bonds is 5. The van der Waals surface area contributed by atoms with Crippen molar-refractivity contribution in [3.63, 3.8) is 0 Å². The molecule has 2 rings (SSSR count). The number of likely N-dealkylation sites (N-methyl/N-ethyl adjacent to an activating group) is 1. The van der Waals surface area contributed by atoms with Crippen LogP contribution in [0.5, 0.6) is 0 Å². The minimum Gasteiger partial charge on any atom is -0.380 e. The van der Waals surface area contributed by atoms with Gasteiger partial charge in [-0.15, -0.1) is 22.9 Å². The van der Waals surface area contributed by atoms with Crippen molar-refractivity contribution in [2.45, 2.75) is 23.1 Å². The number of alkyl halides is 1. The maximum Gasteiger partial charge on any atom is 0.252 e. The maximum atomic E-state index is 12.4. The Hall–Kier alpha value is -0.140. The average molecular weight is 310 g/mol. The molecule has 1 aliphatic heterocycles. The SMILES string of the molecule is CN(C1CCOC1)S(=O)(=O)c1ccc(CCCl)s1. The number of hydrogen-bond acceptors (Lipinski definition) is 4. The standard InChI is InChI=1S/C11H16ClNO3S2/c1-13(9-5-7-16-8-9)18(14,15)11-3-2-10(17-11)4-6-12/h2-3,9H,4-8H2,1H3. The molecule has 4 nitrogen and oxygen atoms in total. The molecular weight excluding hydrogens is 294 g/mol. The fraction of sp³-hybridized carbons (Fsp3) is 0.636. The summed E-state index contributed by atoms with van der Waals surface area (Å²) in [5, 5.41) is 0. The molecule has 0 aliphatic carbocycles. The molecule has 0 N–H and O–H groups in total. The highest BCUT2D eigenvalue weighted by atomic mass is 35.5. The third-order valence-corrected chi connectivity index (χ3v) is 6.74. The monoisotopic (exact) mass is 309 g/mol. The van der Waals surface area contributed by atoms with E-state index < -0.39 is 10.0 Å². The fourth-order valence-corrected chi connectivity index (χ4v) is 5.10.